The Labute approximate surface area is 65.7 Å². The minimum absolute atomic E-state index is 0.125. The zero-order valence-corrected chi connectivity index (χ0v) is 6.76. The summed E-state index contributed by atoms with van der Waals surface area (Å²) in [4.78, 5) is 23.3. The van der Waals surface area contributed by atoms with Crippen LogP contribution in [0.4, 0.5) is 0 Å². The molecule has 1 rings (SSSR count). The first-order valence-corrected chi connectivity index (χ1v) is 3.64. The molecule has 3 nitrogen and oxygen atoms in total. The van der Waals surface area contributed by atoms with E-state index in [9.17, 15) is 9.59 Å². The molecule has 0 aromatic rings. The average Bonchev–Trinajstić information content (AvgIpc) is 2.30. The van der Waals surface area contributed by atoms with Gasteiger partial charge in [-0.05, 0) is 13.3 Å². The van der Waals surface area contributed by atoms with Gasteiger partial charge in [-0.25, -0.2) is 0 Å². The van der Waals surface area contributed by atoms with Gasteiger partial charge in [0.1, 0.15) is 0 Å². The van der Waals surface area contributed by atoms with Gasteiger partial charge in [0, 0.05) is 19.0 Å². The van der Waals surface area contributed by atoms with Gasteiger partial charge >= 0.3 is 0 Å². The number of hydrogen-bond acceptors (Lipinski definition) is 2. The first-order chi connectivity index (χ1) is 5.16. The second-order valence-corrected chi connectivity index (χ2v) is 2.54. The molecule has 0 bridgehead atoms. The van der Waals surface area contributed by atoms with Crippen molar-refractivity contribution < 1.29 is 9.59 Å². The van der Waals surface area contributed by atoms with Gasteiger partial charge in [-0.3, -0.25) is 14.5 Å². The molecule has 1 aliphatic rings. The summed E-state index contributed by atoms with van der Waals surface area (Å²) < 4.78 is 0. The van der Waals surface area contributed by atoms with E-state index in [0.717, 1.165) is 5.57 Å². The van der Waals surface area contributed by atoms with Crippen molar-refractivity contribution in [3.63, 3.8) is 0 Å². The van der Waals surface area contributed by atoms with E-state index >= 15 is 0 Å². The molecule has 11 heavy (non-hydrogen) atoms. The number of rotatable bonds is 0. The zero-order valence-electron chi connectivity index (χ0n) is 6.76. The lowest BCUT2D eigenvalue weighted by Crippen LogP contribution is -2.29. The summed E-state index contributed by atoms with van der Waals surface area (Å²) >= 11 is 0. The zero-order chi connectivity index (χ0) is 8.43. The Hall–Kier alpha value is -1.12. The molecule has 0 aromatic heterocycles. The van der Waals surface area contributed by atoms with Crippen LogP contribution in [0.5, 0.6) is 0 Å². The predicted molar refractivity (Wildman–Crippen MR) is 40.8 cm³/mol. The largest absolute Gasteiger partial charge is 0.279 e. The normalized spacial score (nSPS) is 21.5. The third kappa shape index (κ3) is 1.31. The van der Waals surface area contributed by atoms with Gasteiger partial charge in [0.15, 0.2) is 0 Å². The van der Waals surface area contributed by atoms with Crippen molar-refractivity contribution in [1.29, 1.82) is 0 Å². The van der Waals surface area contributed by atoms with Crippen molar-refractivity contribution >= 4 is 11.8 Å². The third-order valence-corrected chi connectivity index (χ3v) is 1.85. The summed E-state index contributed by atoms with van der Waals surface area (Å²) in [5, 5.41) is 0. The molecule has 0 radical (unpaired) electrons. The lowest BCUT2D eigenvalue weighted by molar-refractivity contribution is -0.138. The maximum Gasteiger partial charge on any atom is 0.256 e. The molecule has 60 valence electrons. The van der Waals surface area contributed by atoms with Crippen molar-refractivity contribution in [2.75, 3.05) is 6.54 Å². The van der Waals surface area contributed by atoms with Gasteiger partial charge < -0.3 is 0 Å². The molecular weight excluding hydrogens is 142 g/mol. The van der Waals surface area contributed by atoms with Crippen molar-refractivity contribution in [2.24, 2.45) is 0 Å². The summed E-state index contributed by atoms with van der Waals surface area (Å²) in [6.45, 7) is 3.78. The van der Waals surface area contributed by atoms with Crippen LogP contribution in [0.1, 0.15) is 20.3 Å². The van der Waals surface area contributed by atoms with Gasteiger partial charge in [0.05, 0.1) is 0 Å². The van der Waals surface area contributed by atoms with Gasteiger partial charge in [-0.2, -0.15) is 0 Å². The van der Waals surface area contributed by atoms with Crippen LogP contribution in [0.15, 0.2) is 11.6 Å². The number of imide groups is 1. The lowest BCUT2D eigenvalue weighted by atomic mass is 10.2. The van der Waals surface area contributed by atoms with Crippen molar-refractivity contribution in [1.82, 2.24) is 4.90 Å². The summed E-state index contributed by atoms with van der Waals surface area (Å²) in [7, 11) is 0. The van der Waals surface area contributed by atoms with E-state index in [1.807, 2.05) is 6.92 Å². The monoisotopic (exact) mass is 153 g/mol. The lowest BCUT2D eigenvalue weighted by Gasteiger charge is -2.08. The first kappa shape index (κ1) is 7.98. The fourth-order valence-corrected chi connectivity index (χ4v) is 1.18. The van der Waals surface area contributed by atoms with E-state index in [4.69, 9.17) is 0 Å². The molecular formula is C8H11NO2. The maximum absolute atomic E-state index is 11.2. The van der Waals surface area contributed by atoms with Crippen LogP contribution < -0.4 is 0 Å². The van der Waals surface area contributed by atoms with Crippen molar-refractivity contribution in [3.8, 4) is 0 Å². The van der Waals surface area contributed by atoms with Crippen LogP contribution in [0.25, 0.3) is 0 Å². The number of nitrogens with zero attached hydrogens (tertiary/aromatic N) is 1. The summed E-state index contributed by atoms with van der Waals surface area (Å²) in [5.41, 5.74) is 0.750. The van der Waals surface area contributed by atoms with E-state index in [0.29, 0.717) is 13.0 Å². The quantitative estimate of drug-likeness (QED) is 0.481. The molecule has 0 aliphatic carbocycles. The molecule has 0 saturated carbocycles. The highest BCUT2D eigenvalue weighted by atomic mass is 16.2. The Morgan fingerprint density at radius 3 is 2.55 bits per heavy atom. The molecule has 1 aliphatic heterocycles. The highest BCUT2D eigenvalue weighted by molar-refractivity contribution is 6.05. The smallest absolute Gasteiger partial charge is 0.256 e. The van der Waals surface area contributed by atoms with E-state index in [-0.39, 0.29) is 11.8 Å². The summed E-state index contributed by atoms with van der Waals surface area (Å²) in [6.07, 6.45) is 2.47. The number of amides is 2. The van der Waals surface area contributed by atoms with E-state index < -0.39 is 0 Å². The number of carbonyl (C=O) groups excluding carboxylic acids is 2. The Morgan fingerprint density at radius 1 is 1.64 bits per heavy atom. The highest BCUT2D eigenvalue weighted by Crippen LogP contribution is 2.16. The first-order valence-electron chi connectivity index (χ1n) is 3.64. The molecule has 1 fully saturated rings. The Kier molecular flexibility index (Phi) is 2.08. The Morgan fingerprint density at radius 2 is 2.27 bits per heavy atom. The fourth-order valence-electron chi connectivity index (χ4n) is 1.18. The standard InChI is InChI=1S/C8H11NO2/c1-3-7-4-5-9(6(2)10)8(7)11/h3H,4-5H2,1-2H3. The van der Waals surface area contributed by atoms with Gasteiger partial charge in [0.2, 0.25) is 5.91 Å². The minimum Gasteiger partial charge on any atom is -0.279 e. The topological polar surface area (TPSA) is 37.4 Å². The SMILES string of the molecule is CC=C1CCN(C(C)=O)C1=O. The van der Waals surface area contributed by atoms with Crippen LogP contribution in [-0.2, 0) is 9.59 Å². The van der Waals surface area contributed by atoms with Gasteiger partial charge in [-0.15, -0.1) is 0 Å². The average molecular weight is 153 g/mol. The summed E-state index contributed by atoms with van der Waals surface area (Å²) in [5.74, 6) is -0.285. The van der Waals surface area contributed by atoms with Crippen molar-refractivity contribution in [2.45, 2.75) is 20.3 Å². The predicted octanol–water partition coefficient (Wildman–Crippen LogP) is 0.712. The minimum atomic E-state index is -0.160. The molecule has 3 heteroatoms. The number of likely N-dealkylation sites (tertiary alicyclic amines) is 1. The fraction of sp³-hybridized carbons (Fsp3) is 0.500. The summed E-state index contributed by atoms with van der Waals surface area (Å²) in [6, 6.07) is 0. The van der Waals surface area contributed by atoms with E-state index in [2.05, 4.69) is 0 Å². The van der Waals surface area contributed by atoms with E-state index in [1.165, 1.54) is 11.8 Å². The van der Waals surface area contributed by atoms with Crippen LogP contribution in [0.3, 0.4) is 0 Å². The van der Waals surface area contributed by atoms with Crippen LogP contribution in [0, 0.1) is 0 Å². The van der Waals surface area contributed by atoms with Crippen LogP contribution >= 0.6 is 0 Å². The maximum atomic E-state index is 11.2. The van der Waals surface area contributed by atoms with E-state index in [1.54, 1.807) is 6.08 Å². The van der Waals surface area contributed by atoms with Gasteiger partial charge in [0.25, 0.3) is 5.91 Å². The molecule has 0 N–H and O–H groups in total. The third-order valence-electron chi connectivity index (χ3n) is 1.85. The van der Waals surface area contributed by atoms with Crippen LogP contribution in [0.2, 0.25) is 0 Å². The molecule has 1 saturated heterocycles. The molecule has 0 unspecified atom stereocenters. The van der Waals surface area contributed by atoms with Gasteiger partial charge in [-0.1, -0.05) is 6.08 Å². The highest BCUT2D eigenvalue weighted by Gasteiger charge is 2.27. The number of carbonyl (C=O) groups is 2. The second-order valence-electron chi connectivity index (χ2n) is 2.54. The van der Waals surface area contributed by atoms with Crippen LogP contribution in [-0.4, -0.2) is 23.3 Å². The Bertz CT molecular complexity index is 230. The molecule has 0 atom stereocenters. The van der Waals surface area contributed by atoms with Crippen molar-refractivity contribution in [3.05, 3.63) is 11.6 Å². The molecule has 2 amide bonds. The molecule has 1 heterocycles. The second kappa shape index (κ2) is 2.86. The molecule has 0 aromatic carbocycles. The number of hydrogen-bond donors (Lipinski definition) is 0. The number of allylic oxidation sites excluding steroid dienone is 1. The molecule has 0 spiro atoms. The Balaban J connectivity index is 2.79.